The SMILES string of the molecule is c1ccc(-c2nc(-c3ccccc3)nc(-c3ccc(-n4c5ccc6sc7ccc8c9cccc%10c%11ccc4c4c5c6c7c8n(c9%10)c%114)c4ccccc34)n2)cc1. The summed E-state index contributed by atoms with van der Waals surface area (Å²) in [4.78, 5) is 15.2. The quantitative estimate of drug-likeness (QED) is 0.182. The van der Waals surface area contributed by atoms with Crippen LogP contribution in [0.15, 0.2) is 152 Å². The zero-order valence-corrected chi connectivity index (χ0v) is 29.9. The van der Waals surface area contributed by atoms with E-state index in [1.807, 2.05) is 47.7 Å². The van der Waals surface area contributed by atoms with Crippen molar-refractivity contribution < 1.29 is 0 Å². The second-order valence-electron chi connectivity index (χ2n) is 14.7. The number of fused-ring (bicyclic) bond motifs is 3. The van der Waals surface area contributed by atoms with Crippen LogP contribution in [0.1, 0.15) is 0 Å². The van der Waals surface area contributed by atoms with Gasteiger partial charge < -0.3 is 8.97 Å². The highest BCUT2D eigenvalue weighted by Gasteiger charge is 2.29. The average molecular weight is 716 g/mol. The monoisotopic (exact) mass is 715 g/mol. The van der Waals surface area contributed by atoms with Crippen molar-refractivity contribution in [2.45, 2.75) is 0 Å². The molecule has 14 rings (SSSR count). The molecule has 0 saturated carbocycles. The molecule has 0 aliphatic carbocycles. The molecular formula is C49H25N5S. The predicted molar refractivity (Wildman–Crippen MR) is 229 cm³/mol. The fraction of sp³-hybridized carbons (Fsp3) is 0. The molecule has 6 aromatic heterocycles. The average Bonchev–Trinajstić information content (AvgIpc) is 3.96. The van der Waals surface area contributed by atoms with Crippen LogP contribution >= 0.6 is 11.3 Å². The molecule has 5 nitrogen and oxygen atoms in total. The minimum Gasteiger partial charge on any atom is -0.309 e. The fourth-order valence-corrected chi connectivity index (χ4v) is 10.9. The van der Waals surface area contributed by atoms with Crippen LogP contribution in [-0.2, 0) is 0 Å². The summed E-state index contributed by atoms with van der Waals surface area (Å²) in [5, 5.41) is 13.0. The van der Waals surface area contributed by atoms with Gasteiger partial charge in [0.15, 0.2) is 17.5 Å². The molecule has 252 valence electrons. The highest BCUT2D eigenvalue weighted by atomic mass is 32.1. The second kappa shape index (κ2) is 9.88. The van der Waals surface area contributed by atoms with Crippen molar-refractivity contribution >= 4 is 102 Å². The normalized spacial score (nSPS) is 12.7. The van der Waals surface area contributed by atoms with Crippen molar-refractivity contribution in [3.8, 4) is 39.9 Å². The van der Waals surface area contributed by atoms with Crippen molar-refractivity contribution in [2.75, 3.05) is 0 Å². The van der Waals surface area contributed by atoms with Gasteiger partial charge >= 0.3 is 0 Å². The van der Waals surface area contributed by atoms with E-state index in [2.05, 4.69) is 124 Å². The van der Waals surface area contributed by atoms with Gasteiger partial charge in [-0.25, -0.2) is 15.0 Å². The lowest BCUT2D eigenvalue weighted by molar-refractivity contribution is 1.08. The molecule has 0 fully saturated rings. The van der Waals surface area contributed by atoms with Crippen molar-refractivity contribution in [1.29, 1.82) is 0 Å². The highest BCUT2D eigenvalue weighted by Crippen LogP contribution is 2.53. The Hall–Kier alpha value is -7.15. The first-order valence-corrected chi connectivity index (χ1v) is 19.4. The summed E-state index contributed by atoms with van der Waals surface area (Å²) >= 11 is 1.91. The predicted octanol–water partition coefficient (Wildman–Crippen LogP) is 13.0. The van der Waals surface area contributed by atoms with Crippen LogP contribution in [0.4, 0.5) is 0 Å². The van der Waals surface area contributed by atoms with Crippen LogP contribution in [0, 0.1) is 0 Å². The zero-order chi connectivity index (χ0) is 35.5. The number of thiophene rings is 1. The molecule has 14 aromatic rings. The van der Waals surface area contributed by atoms with Gasteiger partial charge in [0.2, 0.25) is 0 Å². The van der Waals surface area contributed by atoms with Gasteiger partial charge in [0, 0.05) is 74.6 Å². The van der Waals surface area contributed by atoms with Gasteiger partial charge in [-0.1, -0.05) is 115 Å². The molecule has 0 aliphatic rings. The van der Waals surface area contributed by atoms with Gasteiger partial charge in [-0.3, -0.25) is 0 Å². The molecule has 0 N–H and O–H groups in total. The third-order valence-electron chi connectivity index (χ3n) is 12.0. The topological polar surface area (TPSA) is 48.0 Å². The number of nitrogens with zero attached hydrogens (tertiary/aromatic N) is 5. The lowest BCUT2D eigenvalue weighted by Crippen LogP contribution is -2.01. The molecule has 6 heteroatoms. The Morgan fingerprint density at radius 1 is 0.364 bits per heavy atom. The Bertz CT molecular complexity index is 3760. The van der Waals surface area contributed by atoms with Crippen molar-refractivity contribution in [1.82, 2.24) is 23.9 Å². The number of hydrogen-bond acceptors (Lipinski definition) is 4. The minimum absolute atomic E-state index is 0.655. The minimum atomic E-state index is 0.655. The van der Waals surface area contributed by atoms with Crippen LogP contribution in [-0.4, -0.2) is 23.9 Å². The molecule has 0 bridgehead atoms. The molecule has 8 aromatic carbocycles. The summed E-state index contributed by atoms with van der Waals surface area (Å²) in [5.74, 6) is 1.97. The first kappa shape index (κ1) is 28.4. The van der Waals surface area contributed by atoms with E-state index in [-0.39, 0.29) is 0 Å². The molecule has 0 amide bonds. The molecule has 55 heavy (non-hydrogen) atoms. The molecule has 0 spiro atoms. The maximum absolute atomic E-state index is 5.13. The molecule has 0 saturated heterocycles. The standard InChI is InChI=1S/C49H25N5S/c1-3-10-26(11-4-1)47-50-48(27-12-5-2-6-13-27)52-49(51-47)34-19-21-35(29-15-8-7-14-28(29)34)53-36-23-25-38-42-40(36)41-37(53)22-18-32-30-16-9-17-31-33-20-24-39(55-38)43(42)46(33)54(44(30)31)45(32)41/h1-25H. The van der Waals surface area contributed by atoms with Gasteiger partial charge in [-0.05, 0) is 41.8 Å². The molecule has 6 heterocycles. The van der Waals surface area contributed by atoms with Gasteiger partial charge in [0.1, 0.15) is 0 Å². The highest BCUT2D eigenvalue weighted by molar-refractivity contribution is 7.26. The summed E-state index contributed by atoms with van der Waals surface area (Å²) in [6.45, 7) is 0. The third-order valence-corrected chi connectivity index (χ3v) is 13.1. The van der Waals surface area contributed by atoms with E-state index in [1.165, 1.54) is 80.1 Å². The maximum Gasteiger partial charge on any atom is 0.164 e. The second-order valence-corrected chi connectivity index (χ2v) is 15.8. The Kier molecular flexibility index (Phi) is 5.09. The lowest BCUT2D eigenvalue weighted by Gasteiger charge is -2.15. The molecule has 0 aliphatic heterocycles. The third kappa shape index (κ3) is 3.43. The maximum atomic E-state index is 5.13. The Morgan fingerprint density at radius 2 is 0.909 bits per heavy atom. The van der Waals surface area contributed by atoms with Crippen molar-refractivity contribution in [2.24, 2.45) is 0 Å². The van der Waals surface area contributed by atoms with E-state index in [0.29, 0.717) is 17.5 Å². The molecule has 0 atom stereocenters. The van der Waals surface area contributed by atoms with Gasteiger partial charge in [0.25, 0.3) is 0 Å². The number of aromatic nitrogens is 5. The van der Waals surface area contributed by atoms with E-state index in [4.69, 9.17) is 15.0 Å². The van der Waals surface area contributed by atoms with Gasteiger partial charge in [0.05, 0.1) is 33.3 Å². The first-order valence-electron chi connectivity index (χ1n) is 18.6. The van der Waals surface area contributed by atoms with Crippen LogP contribution in [0.5, 0.6) is 0 Å². The van der Waals surface area contributed by atoms with Crippen LogP contribution in [0.3, 0.4) is 0 Å². The van der Waals surface area contributed by atoms with Crippen LogP contribution in [0.25, 0.3) is 131 Å². The van der Waals surface area contributed by atoms with Crippen molar-refractivity contribution in [3.05, 3.63) is 152 Å². The summed E-state index contributed by atoms with van der Waals surface area (Å²) in [5.41, 5.74) is 10.5. The first-order chi connectivity index (χ1) is 27.3. The largest absolute Gasteiger partial charge is 0.309 e. The summed E-state index contributed by atoms with van der Waals surface area (Å²) in [7, 11) is 0. The fourth-order valence-electron chi connectivity index (χ4n) is 9.82. The Labute approximate surface area is 316 Å². The Morgan fingerprint density at radius 3 is 1.65 bits per heavy atom. The number of para-hydroxylation sites is 1. The lowest BCUT2D eigenvalue weighted by atomic mass is 10.0. The molecule has 0 unspecified atom stereocenters. The molecule has 0 radical (unpaired) electrons. The van der Waals surface area contributed by atoms with Gasteiger partial charge in [-0.15, -0.1) is 11.3 Å². The van der Waals surface area contributed by atoms with E-state index in [0.717, 1.165) is 33.2 Å². The number of rotatable bonds is 4. The van der Waals surface area contributed by atoms with E-state index in [1.54, 1.807) is 0 Å². The van der Waals surface area contributed by atoms with E-state index in [9.17, 15) is 0 Å². The zero-order valence-electron chi connectivity index (χ0n) is 29.1. The molecular weight excluding hydrogens is 691 g/mol. The Balaban J connectivity index is 1.10. The summed E-state index contributed by atoms with van der Waals surface area (Å²) in [6, 6.07) is 54.5. The van der Waals surface area contributed by atoms with E-state index < -0.39 is 0 Å². The number of benzene rings is 8. The van der Waals surface area contributed by atoms with E-state index >= 15 is 0 Å². The van der Waals surface area contributed by atoms with Crippen LogP contribution < -0.4 is 0 Å². The summed E-state index contributed by atoms with van der Waals surface area (Å²) < 4.78 is 7.79. The van der Waals surface area contributed by atoms with Crippen LogP contribution in [0.2, 0.25) is 0 Å². The van der Waals surface area contributed by atoms with Gasteiger partial charge in [-0.2, -0.15) is 0 Å². The van der Waals surface area contributed by atoms with Crippen molar-refractivity contribution in [3.63, 3.8) is 0 Å². The summed E-state index contributed by atoms with van der Waals surface area (Å²) in [6.07, 6.45) is 0. The number of hydrogen-bond donors (Lipinski definition) is 0. The smallest absolute Gasteiger partial charge is 0.164 e.